The van der Waals surface area contributed by atoms with E-state index in [9.17, 15) is 4.79 Å². The van der Waals surface area contributed by atoms with Gasteiger partial charge in [0.05, 0.1) is 0 Å². The first-order valence-corrected chi connectivity index (χ1v) is 7.37. The molecule has 1 aromatic carbocycles. The summed E-state index contributed by atoms with van der Waals surface area (Å²) in [5.74, 6) is 0.119. The number of aryl methyl sites for hydroxylation is 1. The Morgan fingerprint density at radius 1 is 1.25 bits per heavy atom. The number of hydrogen-bond donors (Lipinski definition) is 1. The van der Waals surface area contributed by atoms with Crippen LogP contribution in [-0.4, -0.2) is 37.0 Å². The zero-order valence-electron chi connectivity index (χ0n) is 12.9. The van der Waals surface area contributed by atoms with Gasteiger partial charge in [-0.15, -0.1) is 0 Å². The van der Waals surface area contributed by atoms with Crippen molar-refractivity contribution in [3.8, 4) is 0 Å². The normalized spacial score (nSPS) is 11.7. The van der Waals surface area contributed by atoms with Crippen LogP contribution in [0.25, 0.3) is 0 Å². The lowest BCUT2D eigenvalue weighted by Crippen LogP contribution is -2.48. The highest BCUT2D eigenvalue weighted by Crippen LogP contribution is 2.12. The van der Waals surface area contributed by atoms with Gasteiger partial charge in [-0.25, -0.2) is 0 Å². The van der Waals surface area contributed by atoms with Crippen molar-refractivity contribution in [1.82, 2.24) is 10.2 Å². The fourth-order valence-corrected chi connectivity index (χ4v) is 1.79. The maximum absolute atomic E-state index is 11.8. The molecule has 1 amide bonds. The van der Waals surface area contributed by atoms with Crippen molar-refractivity contribution in [2.45, 2.75) is 38.6 Å². The second-order valence-corrected chi connectivity index (χ2v) is 6.40. The molecule has 3 nitrogen and oxygen atoms in total. The predicted octanol–water partition coefficient (Wildman–Crippen LogP) is 3.12. The minimum absolute atomic E-state index is 0.0220. The van der Waals surface area contributed by atoms with Crippen molar-refractivity contribution in [3.05, 3.63) is 34.9 Å². The van der Waals surface area contributed by atoms with Crippen LogP contribution in [0, 0.1) is 0 Å². The van der Waals surface area contributed by atoms with E-state index in [0.717, 1.165) is 17.9 Å². The Kier molecular flexibility index (Phi) is 6.50. The molecule has 20 heavy (non-hydrogen) atoms. The van der Waals surface area contributed by atoms with Crippen LogP contribution in [0.15, 0.2) is 24.3 Å². The summed E-state index contributed by atoms with van der Waals surface area (Å²) in [6.45, 7) is 4.89. The topological polar surface area (TPSA) is 32.3 Å². The van der Waals surface area contributed by atoms with Gasteiger partial charge in [0.1, 0.15) is 0 Å². The Morgan fingerprint density at radius 3 is 2.40 bits per heavy atom. The molecule has 0 atom stereocenters. The van der Waals surface area contributed by atoms with Gasteiger partial charge in [0.15, 0.2) is 0 Å². The van der Waals surface area contributed by atoms with Crippen molar-refractivity contribution in [2.75, 3.05) is 20.6 Å². The predicted molar refractivity (Wildman–Crippen MR) is 85.2 cm³/mol. The van der Waals surface area contributed by atoms with E-state index in [1.165, 1.54) is 5.56 Å². The van der Waals surface area contributed by atoms with Crippen LogP contribution in [0.4, 0.5) is 0 Å². The number of nitrogens with one attached hydrogen (secondary N) is 1. The third kappa shape index (κ3) is 5.93. The summed E-state index contributed by atoms with van der Waals surface area (Å²) in [4.78, 5) is 13.9. The third-order valence-electron chi connectivity index (χ3n) is 3.71. The molecule has 1 aromatic rings. The van der Waals surface area contributed by atoms with E-state index in [4.69, 9.17) is 11.6 Å². The number of carbonyl (C=O) groups is 1. The van der Waals surface area contributed by atoms with Gasteiger partial charge in [-0.05, 0) is 58.5 Å². The number of benzene rings is 1. The first kappa shape index (κ1) is 17.0. The molecular formula is C16H25ClN2O. The molecule has 0 aliphatic carbocycles. The van der Waals surface area contributed by atoms with E-state index in [1.807, 2.05) is 38.4 Å². The summed E-state index contributed by atoms with van der Waals surface area (Å²) in [6, 6.07) is 7.79. The lowest BCUT2D eigenvalue weighted by molar-refractivity contribution is -0.121. The Bertz CT molecular complexity index is 427. The Hall–Kier alpha value is -1.06. The average molecular weight is 297 g/mol. The summed E-state index contributed by atoms with van der Waals surface area (Å²) in [6.07, 6.45) is 2.32. The molecule has 0 bridgehead atoms. The van der Waals surface area contributed by atoms with Crippen molar-refractivity contribution in [1.29, 1.82) is 0 Å². The lowest BCUT2D eigenvalue weighted by atomic mass is 10.0. The molecular weight excluding hydrogens is 272 g/mol. The van der Waals surface area contributed by atoms with Gasteiger partial charge in [0.25, 0.3) is 0 Å². The molecule has 0 aliphatic rings. The molecule has 0 radical (unpaired) electrons. The standard InChI is InChI=1S/C16H25ClN2O/c1-16(2,19(3)4)12-18-15(20)7-5-6-13-8-10-14(17)11-9-13/h8-11H,5-7,12H2,1-4H3,(H,18,20). The van der Waals surface area contributed by atoms with Crippen LogP contribution in [0.1, 0.15) is 32.3 Å². The van der Waals surface area contributed by atoms with Crippen LogP contribution in [0.3, 0.4) is 0 Å². The van der Waals surface area contributed by atoms with Crippen LogP contribution in [-0.2, 0) is 11.2 Å². The zero-order chi connectivity index (χ0) is 15.2. The van der Waals surface area contributed by atoms with E-state index in [0.29, 0.717) is 13.0 Å². The highest BCUT2D eigenvalue weighted by Gasteiger charge is 2.20. The van der Waals surface area contributed by atoms with Gasteiger partial charge >= 0.3 is 0 Å². The van der Waals surface area contributed by atoms with Gasteiger partial charge in [-0.1, -0.05) is 23.7 Å². The molecule has 0 saturated heterocycles. The number of hydrogen-bond acceptors (Lipinski definition) is 2. The van der Waals surface area contributed by atoms with Crippen LogP contribution in [0.2, 0.25) is 5.02 Å². The summed E-state index contributed by atoms with van der Waals surface area (Å²) in [7, 11) is 4.04. The summed E-state index contributed by atoms with van der Waals surface area (Å²) >= 11 is 5.84. The van der Waals surface area contributed by atoms with Gasteiger partial charge in [0.2, 0.25) is 5.91 Å². The molecule has 4 heteroatoms. The number of amides is 1. The molecule has 112 valence electrons. The van der Waals surface area contributed by atoms with Gasteiger partial charge in [0, 0.05) is 23.5 Å². The van der Waals surface area contributed by atoms with Gasteiger partial charge in [-0.3, -0.25) is 4.79 Å². The first-order chi connectivity index (χ1) is 9.31. The fraction of sp³-hybridized carbons (Fsp3) is 0.562. The monoisotopic (exact) mass is 296 g/mol. The average Bonchev–Trinajstić information content (AvgIpc) is 2.39. The second-order valence-electron chi connectivity index (χ2n) is 5.96. The maximum Gasteiger partial charge on any atom is 0.220 e. The number of nitrogens with zero attached hydrogens (tertiary/aromatic N) is 1. The number of carbonyl (C=O) groups excluding carboxylic acids is 1. The highest BCUT2D eigenvalue weighted by molar-refractivity contribution is 6.30. The molecule has 0 fully saturated rings. The molecule has 0 heterocycles. The minimum Gasteiger partial charge on any atom is -0.354 e. The van der Waals surface area contributed by atoms with E-state index in [-0.39, 0.29) is 11.4 Å². The van der Waals surface area contributed by atoms with Gasteiger partial charge < -0.3 is 10.2 Å². The van der Waals surface area contributed by atoms with E-state index < -0.39 is 0 Å². The Balaban J connectivity index is 2.25. The molecule has 0 aliphatic heterocycles. The highest BCUT2D eigenvalue weighted by atomic mass is 35.5. The van der Waals surface area contributed by atoms with E-state index in [1.54, 1.807) is 0 Å². The van der Waals surface area contributed by atoms with Gasteiger partial charge in [-0.2, -0.15) is 0 Å². The number of rotatable bonds is 7. The van der Waals surface area contributed by atoms with E-state index >= 15 is 0 Å². The Labute approximate surface area is 127 Å². The SMILES string of the molecule is CN(C)C(C)(C)CNC(=O)CCCc1ccc(Cl)cc1. The summed E-state index contributed by atoms with van der Waals surface area (Å²) in [5.41, 5.74) is 1.20. The quantitative estimate of drug-likeness (QED) is 0.838. The molecule has 0 saturated carbocycles. The summed E-state index contributed by atoms with van der Waals surface area (Å²) in [5, 5.41) is 3.75. The van der Waals surface area contributed by atoms with Crippen molar-refractivity contribution in [2.24, 2.45) is 0 Å². The molecule has 0 spiro atoms. The minimum atomic E-state index is -0.0220. The molecule has 0 aromatic heterocycles. The van der Waals surface area contributed by atoms with Crippen LogP contribution >= 0.6 is 11.6 Å². The van der Waals surface area contributed by atoms with Crippen LogP contribution < -0.4 is 5.32 Å². The maximum atomic E-state index is 11.8. The third-order valence-corrected chi connectivity index (χ3v) is 3.96. The largest absolute Gasteiger partial charge is 0.354 e. The molecule has 1 N–H and O–H groups in total. The number of halogens is 1. The van der Waals surface area contributed by atoms with E-state index in [2.05, 4.69) is 24.1 Å². The molecule has 1 rings (SSSR count). The van der Waals surface area contributed by atoms with Crippen molar-refractivity contribution < 1.29 is 4.79 Å². The second kappa shape index (κ2) is 7.65. The lowest BCUT2D eigenvalue weighted by Gasteiger charge is -2.32. The fourth-order valence-electron chi connectivity index (χ4n) is 1.67. The molecule has 0 unspecified atom stereocenters. The van der Waals surface area contributed by atoms with Crippen molar-refractivity contribution in [3.63, 3.8) is 0 Å². The number of likely N-dealkylation sites (N-methyl/N-ethyl adjacent to an activating group) is 1. The van der Waals surface area contributed by atoms with Crippen molar-refractivity contribution >= 4 is 17.5 Å². The smallest absolute Gasteiger partial charge is 0.220 e. The zero-order valence-corrected chi connectivity index (χ0v) is 13.6. The first-order valence-electron chi connectivity index (χ1n) is 7.00. The summed E-state index contributed by atoms with van der Waals surface area (Å²) < 4.78 is 0. The van der Waals surface area contributed by atoms with Crippen LogP contribution in [0.5, 0.6) is 0 Å². The Morgan fingerprint density at radius 2 is 1.85 bits per heavy atom.